The second kappa shape index (κ2) is 3.66. The fourth-order valence-corrected chi connectivity index (χ4v) is 0.653. The molecular weight excluding hydrogens is 161 g/mol. The fourth-order valence-electron chi connectivity index (χ4n) is 0.653. The van der Waals surface area contributed by atoms with Gasteiger partial charge in [-0.1, -0.05) is 6.58 Å². The molecule has 0 atom stereocenters. The van der Waals surface area contributed by atoms with E-state index in [4.69, 9.17) is 0 Å². The average Bonchev–Trinajstić information content (AvgIpc) is 2.51. The molecule has 4 nitrogen and oxygen atoms in total. The molecule has 1 rings (SSSR count). The Morgan fingerprint density at radius 3 is 3.08 bits per heavy atom. The first-order valence-corrected chi connectivity index (χ1v) is 3.30. The van der Waals surface area contributed by atoms with Crippen LogP contribution in [0.2, 0.25) is 0 Å². The summed E-state index contributed by atoms with van der Waals surface area (Å²) in [5.74, 6) is -1.78. The van der Waals surface area contributed by atoms with E-state index in [-0.39, 0.29) is 6.54 Å². The maximum absolute atomic E-state index is 12.1. The van der Waals surface area contributed by atoms with E-state index in [1.807, 2.05) is 0 Å². The topological polar surface area (TPSA) is 57.8 Å². The van der Waals surface area contributed by atoms with Crippen LogP contribution in [0.5, 0.6) is 0 Å². The summed E-state index contributed by atoms with van der Waals surface area (Å²) < 4.78 is 12.1. The first kappa shape index (κ1) is 8.45. The van der Waals surface area contributed by atoms with Gasteiger partial charge in [0, 0.05) is 18.3 Å². The minimum atomic E-state index is -0.988. The highest BCUT2D eigenvalue weighted by Crippen LogP contribution is 1.94. The van der Waals surface area contributed by atoms with Gasteiger partial charge in [0.25, 0.3) is 5.91 Å². The van der Waals surface area contributed by atoms with Crippen molar-refractivity contribution in [1.82, 2.24) is 15.5 Å². The molecule has 5 heteroatoms. The number of hydrogen-bond acceptors (Lipinski definition) is 2. The second-order valence-electron chi connectivity index (χ2n) is 2.19. The highest BCUT2D eigenvalue weighted by Gasteiger charge is 2.04. The molecular formula is C7H8FN3O. The summed E-state index contributed by atoms with van der Waals surface area (Å²) in [6.45, 7) is 3.10. The van der Waals surface area contributed by atoms with Gasteiger partial charge in [-0.3, -0.25) is 9.89 Å². The van der Waals surface area contributed by atoms with Crippen LogP contribution in [0.25, 0.3) is 0 Å². The number of carbonyl (C=O) groups excluding carboxylic acids is 1. The van der Waals surface area contributed by atoms with Gasteiger partial charge >= 0.3 is 0 Å². The van der Waals surface area contributed by atoms with E-state index in [0.717, 1.165) is 5.56 Å². The summed E-state index contributed by atoms with van der Waals surface area (Å²) in [6.07, 6.45) is 3.16. The molecule has 1 aromatic rings. The Labute approximate surface area is 68.5 Å². The maximum atomic E-state index is 12.1. The highest BCUT2D eigenvalue weighted by atomic mass is 19.1. The Kier molecular flexibility index (Phi) is 2.57. The molecule has 12 heavy (non-hydrogen) atoms. The van der Waals surface area contributed by atoms with Crippen LogP contribution in [0, 0.1) is 0 Å². The molecule has 0 aliphatic rings. The Hall–Kier alpha value is -1.65. The predicted molar refractivity (Wildman–Crippen MR) is 40.7 cm³/mol. The normalized spacial score (nSPS) is 9.42. The molecule has 0 saturated heterocycles. The first-order chi connectivity index (χ1) is 5.70. The third-order valence-electron chi connectivity index (χ3n) is 1.25. The van der Waals surface area contributed by atoms with E-state index >= 15 is 0 Å². The molecule has 0 saturated carbocycles. The van der Waals surface area contributed by atoms with Crippen molar-refractivity contribution in [3.63, 3.8) is 0 Å². The lowest BCUT2D eigenvalue weighted by Gasteiger charge is -1.98. The Morgan fingerprint density at radius 1 is 1.83 bits per heavy atom. The highest BCUT2D eigenvalue weighted by molar-refractivity contribution is 5.90. The first-order valence-electron chi connectivity index (χ1n) is 3.30. The molecule has 0 fully saturated rings. The van der Waals surface area contributed by atoms with Crippen LogP contribution in [0.4, 0.5) is 4.39 Å². The zero-order chi connectivity index (χ0) is 8.97. The van der Waals surface area contributed by atoms with Crippen molar-refractivity contribution >= 4 is 5.91 Å². The molecule has 1 heterocycles. The fraction of sp³-hybridized carbons (Fsp3) is 0.143. The van der Waals surface area contributed by atoms with E-state index in [1.165, 1.54) is 0 Å². The summed E-state index contributed by atoms with van der Waals surface area (Å²) in [6, 6.07) is 0. The monoisotopic (exact) mass is 169 g/mol. The van der Waals surface area contributed by atoms with Crippen LogP contribution in [0.3, 0.4) is 0 Å². The second-order valence-corrected chi connectivity index (χ2v) is 2.19. The van der Waals surface area contributed by atoms with Crippen molar-refractivity contribution in [3.05, 3.63) is 30.4 Å². The van der Waals surface area contributed by atoms with Gasteiger partial charge in [-0.05, 0) is 0 Å². The largest absolute Gasteiger partial charge is 0.346 e. The Bertz CT molecular complexity index is 281. The minimum Gasteiger partial charge on any atom is -0.346 e. The van der Waals surface area contributed by atoms with E-state index < -0.39 is 11.7 Å². The van der Waals surface area contributed by atoms with Gasteiger partial charge in [0.15, 0.2) is 5.83 Å². The van der Waals surface area contributed by atoms with Gasteiger partial charge in [-0.2, -0.15) is 5.10 Å². The van der Waals surface area contributed by atoms with Crippen LogP contribution < -0.4 is 5.32 Å². The minimum absolute atomic E-state index is 0.248. The molecule has 0 spiro atoms. The third-order valence-corrected chi connectivity index (χ3v) is 1.25. The summed E-state index contributed by atoms with van der Waals surface area (Å²) in [5.41, 5.74) is 0.782. The number of hydrogen-bond donors (Lipinski definition) is 2. The number of halogens is 1. The number of carbonyl (C=O) groups is 1. The number of nitrogens with one attached hydrogen (secondary N) is 2. The van der Waals surface area contributed by atoms with Gasteiger partial charge in [-0.15, -0.1) is 0 Å². The van der Waals surface area contributed by atoms with Crippen molar-refractivity contribution in [2.24, 2.45) is 0 Å². The summed E-state index contributed by atoms with van der Waals surface area (Å²) >= 11 is 0. The number of amides is 1. The molecule has 64 valence electrons. The molecule has 0 radical (unpaired) electrons. The quantitative estimate of drug-likeness (QED) is 0.647. The number of nitrogens with zero attached hydrogens (tertiary/aromatic N) is 1. The zero-order valence-electron chi connectivity index (χ0n) is 6.30. The van der Waals surface area contributed by atoms with Crippen LogP contribution in [-0.4, -0.2) is 16.1 Å². The summed E-state index contributed by atoms with van der Waals surface area (Å²) in [5, 5.41) is 8.53. The van der Waals surface area contributed by atoms with Gasteiger partial charge < -0.3 is 5.32 Å². The Morgan fingerprint density at radius 2 is 2.58 bits per heavy atom. The molecule has 0 bridgehead atoms. The molecule has 0 aliphatic carbocycles. The lowest BCUT2D eigenvalue weighted by atomic mass is 10.3. The third kappa shape index (κ3) is 2.19. The molecule has 0 unspecified atom stereocenters. The van der Waals surface area contributed by atoms with Crippen molar-refractivity contribution in [2.45, 2.75) is 6.54 Å². The number of aromatic nitrogens is 2. The van der Waals surface area contributed by atoms with Crippen LogP contribution >= 0.6 is 0 Å². The SMILES string of the molecule is C=C(F)C(=O)NCc1cn[nH]c1. The van der Waals surface area contributed by atoms with Crippen molar-refractivity contribution in [3.8, 4) is 0 Å². The molecule has 0 aromatic carbocycles. The summed E-state index contributed by atoms with van der Waals surface area (Å²) in [7, 11) is 0. The number of rotatable bonds is 3. The van der Waals surface area contributed by atoms with Gasteiger partial charge in [-0.25, -0.2) is 4.39 Å². The van der Waals surface area contributed by atoms with Crippen molar-refractivity contribution in [1.29, 1.82) is 0 Å². The van der Waals surface area contributed by atoms with E-state index in [1.54, 1.807) is 12.4 Å². The van der Waals surface area contributed by atoms with Crippen LogP contribution in [-0.2, 0) is 11.3 Å². The lowest BCUT2D eigenvalue weighted by molar-refractivity contribution is -0.119. The smallest absolute Gasteiger partial charge is 0.279 e. The lowest BCUT2D eigenvalue weighted by Crippen LogP contribution is -2.22. The standard InChI is InChI=1S/C7H8FN3O/c1-5(8)7(12)9-2-6-3-10-11-4-6/h3-4H,1-2H2,(H,9,12)(H,10,11). The summed E-state index contributed by atoms with van der Waals surface area (Å²) in [4.78, 5) is 10.6. The van der Waals surface area contributed by atoms with Crippen LogP contribution in [0.1, 0.15) is 5.56 Å². The maximum Gasteiger partial charge on any atom is 0.279 e. The molecule has 2 N–H and O–H groups in total. The number of H-pyrrole nitrogens is 1. The molecule has 1 amide bonds. The zero-order valence-corrected chi connectivity index (χ0v) is 6.30. The number of aromatic amines is 1. The van der Waals surface area contributed by atoms with Crippen molar-refractivity contribution in [2.75, 3.05) is 0 Å². The predicted octanol–water partition coefficient (Wildman–Crippen LogP) is 0.509. The van der Waals surface area contributed by atoms with Gasteiger partial charge in [0.2, 0.25) is 0 Å². The van der Waals surface area contributed by atoms with Gasteiger partial charge in [0.05, 0.1) is 6.20 Å². The molecule has 0 aliphatic heterocycles. The van der Waals surface area contributed by atoms with Crippen molar-refractivity contribution < 1.29 is 9.18 Å². The van der Waals surface area contributed by atoms with E-state index in [9.17, 15) is 9.18 Å². The Balaban J connectivity index is 2.37. The van der Waals surface area contributed by atoms with Gasteiger partial charge in [0.1, 0.15) is 0 Å². The van der Waals surface area contributed by atoms with E-state index in [0.29, 0.717) is 0 Å². The van der Waals surface area contributed by atoms with Crippen LogP contribution in [0.15, 0.2) is 24.8 Å². The van der Waals surface area contributed by atoms with E-state index in [2.05, 4.69) is 22.1 Å². The molecule has 1 aromatic heterocycles. The average molecular weight is 169 g/mol.